The van der Waals surface area contributed by atoms with Crippen LogP contribution in [0.15, 0.2) is 18.2 Å². The van der Waals surface area contributed by atoms with Gasteiger partial charge in [0.2, 0.25) is 0 Å². The molecule has 1 aromatic carbocycles. The highest BCUT2D eigenvalue weighted by atomic mass is 32.1. The number of ether oxygens (including phenoxy) is 2. The molecule has 0 aromatic heterocycles. The lowest BCUT2D eigenvalue weighted by molar-refractivity contribution is 0.162. The normalized spacial score (nSPS) is 23.0. The quantitative estimate of drug-likeness (QED) is 0.807. The Hall–Kier alpha value is -1.49. The van der Waals surface area contributed by atoms with E-state index in [-0.39, 0.29) is 0 Å². The molecule has 2 rings (SSSR count). The third kappa shape index (κ3) is 4.99. The summed E-state index contributed by atoms with van der Waals surface area (Å²) in [5.41, 5.74) is 1.21. The predicted octanol–water partition coefficient (Wildman–Crippen LogP) is 4.21. The average Bonchev–Trinajstić information content (AvgIpc) is 2.45. The van der Waals surface area contributed by atoms with Gasteiger partial charge >= 0.3 is 0 Å². The number of nitrogens with one attached hydrogen (secondary N) is 2. The first-order valence-corrected chi connectivity index (χ1v) is 8.53. The van der Waals surface area contributed by atoms with Crippen molar-refractivity contribution in [2.45, 2.75) is 46.1 Å². The van der Waals surface area contributed by atoms with Crippen molar-refractivity contribution in [1.82, 2.24) is 5.32 Å². The highest BCUT2D eigenvalue weighted by Gasteiger charge is 2.32. The summed E-state index contributed by atoms with van der Waals surface area (Å²) in [6.07, 6.45) is 3.57. The van der Waals surface area contributed by atoms with Gasteiger partial charge in [0.25, 0.3) is 0 Å². The summed E-state index contributed by atoms with van der Waals surface area (Å²) in [4.78, 5) is 0. The van der Waals surface area contributed by atoms with Crippen molar-refractivity contribution in [3.05, 3.63) is 18.2 Å². The lowest BCUT2D eigenvalue weighted by Gasteiger charge is -2.39. The Labute approximate surface area is 144 Å². The van der Waals surface area contributed by atoms with Gasteiger partial charge in [0.15, 0.2) is 5.11 Å². The fraction of sp³-hybridized carbons (Fsp3) is 0.611. The number of benzene rings is 1. The van der Waals surface area contributed by atoms with Gasteiger partial charge in [0.05, 0.1) is 19.9 Å². The molecule has 0 bridgehead atoms. The molecule has 0 heterocycles. The van der Waals surface area contributed by atoms with Crippen molar-refractivity contribution in [3.8, 4) is 11.5 Å². The lowest BCUT2D eigenvalue weighted by Crippen LogP contribution is -2.44. The summed E-state index contributed by atoms with van der Waals surface area (Å²) in [6, 6.07) is 6.06. The Balaban J connectivity index is 1.99. The van der Waals surface area contributed by atoms with Gasteiger partial charge in [0, 0.05) is 12.1 Å². The van der Waals surface area contributed by atoms with Crippen molar-refractivity contribution >= 4 is 23.0 Å². The first-order valence-electron chi connectivity index (χ1n) is 8.12. The summed E-state index contributed by atoms with van der Waals surface area (Å²) in [5, 5.41) is 7.35. The van der Waals surface area contributed by atoms with Crippen LogP contribution in [-0.4, -0.2) is 25.4 Å². The molecule has 1 aromatic rings. The van der Waals surface area contributed by atoms with E-state index in [1.165, 1.54) is 6.42 Å². The molecule has 2 N–H and O–H groups in total. The zero-order valence-corrected chi connectivity index (χ0v) is 15.5. The molecule has 2 unspecified atom stereocenters. The monoisotopic (exact) mass is 336 g/mol. The third-order valence-corrected chi connectivity index (χ3v) is 4.60. The highest BCUT2D eigenvalue weighted by Crippen LogP contribution is 2.38. The molecule has 1 aliphatic rings. The minimum atomic E-state index is 0.364. The minimum Gasteiger partial charge on any atom is -0.497 e. The summed E-state index contributed by atoms with van der Waals surface area (Å²) >= 11 is 5.49. The fourth-order valence-corrected chi connectivity index (χ4v) is 3.98. The predicted molar refractivity (Wildman–Crippen MR) is 99.5 cm³/mol. The van der Waals surface area contributed by atoms with E-state index in [0.717, 1.165) is 30.2 Å². The van der Waals surface area contributed by atoms with Gasteiger partial charge in [-0.3, -0.25) is 0 Å². The number of methoxy groups -OCH3 is 2. The van der Waals surface area contributed by atoms with E-state index < -0.39 is 0 Å². The van der Waals surface area contributed by atoms with Crippen LogP contribution < -0.4 is 20.1 Å². The molecule has 2 atom stereocenters. The number of anilines is 1. The molecule has 0 radical (unpaired) electrons. The zero-order valence-electron chi connectivity index (χ0n) is 14.7. The summed E-state index contributed by atoms with van der Waals surface area (Å²) in [5.74, 6) is 2.19. The van der Waals surface area contributed by atoms with Gasteiger partial charge < -0.3 is 20.1 Å². The lowest BCUT2D eigenvalue weighted by atomic mass is 9.71. The molecular formula is C18H28N2O2S. The Morgan fingerprint density at radius 2 is 1.96 bits per heavy atom. The Morgan fingerprint density at radius 3 is 2.57 bits per heavy atom. The maximum Gasteiger partial charge on any atom is 0.171 e. The Kier molecular flexibility index (Phi) is 5.74. The van der Waals surface area contributed by atoms with Gasteiger partial charge in [0.1, 0.15) is 11.5 Å². The van der Waals surface area contributed by atoms with E-state index in [4.69, 9.17) is 21.7 Å². The molecule has 5 heteroatoms. The van der Waals surface area contributed by atoms with Crippen LogP contribution in [0.25, 0.3) is 0 Å². The van der Waals surface area contributed by atoms with Crippen LogP contribution in [0.1, 0.15) is 40.0 Å². The molecule has 1 fully saturated rings. The Morgan fingerprint density at radius 1 is 1.22 bits per heavy atom. The van der Waals surface area contributed by atoms with Crippen molar-refractivity contribution < 1.29 is 9.47 Å². The van der Waals surface area contributed by atoms with Crippen LogP contribution in [0.4, 0.5) is 5.69 Å². The molecule has 0 spiro atoms. The fourth-order valence-electron chi connectivity index (χ4n) is 3.70. The maximum absolute atomic E-state index is 5.49. The van der Waals surface area contributed by atoms with Crippen LogP contribution >= 0.6 is 12.2 Å². The molecule has 0 saturated heterocycles. The molecule has 4 nitrogen and oxygen atoms in total. The molecule has 23 heavy (non-hydrogen) atoms. The van der Waals surface area contributed by atoms with Crippen LogP contribution in [0, 0.1) is 11.3 Å². The van der Waals surface area contributed by atoms with Crippen LogP contribution in [-0.2, 0) is 0 Å². The molecule has 1 aliphatic carbocycles. The van der Waals surface area contributed by atoms with E-state index in [9.17, 15) is 0 Å². The maximum atomic E-state index is 5.49. The first-order chi connectivity index (χ1) is 10.8. The van der Waals surface area contributed by atoms with Gasteiger partial charge in [-0.15, -0.1) is 0 Å². The second-order valence-electron chi connectivity index (χ2n) is 7.27. The molecular weight excluding hydrogens is 308 g/mol. The van der Waals surface area contributed by atoms with E-state index in [2.05, 4.69) is 31.4 Å². The first kappa shape index (κ1) is 17.9. The van der Waals surface area contributed by atoms with E-state index in [1.54, 1.807) is 14.2 Å². The minimum absolute atomic E-state index is 0.364. The van der Waals surface area contributed by atoms with Crippen molar-refractivity contribution in [3.63, 3.8) is 0 Å². The summed E-state index contributed by atoms with van der Waals surface area (Å²) in [7, 11) is 3.28. The van der Waals surface area contributed by atoms with E-state index in [0.29, 0.717) is 22.3 Å². The van der Waals surface area contributed by atoms with Gasteiger partial charge in [-0.1, -0.05) is 20.8 Å². The summed E-state index contributed by atoms with van der Waals surface area (Å²) < 4.78 is 10.6. The molecule has 128 valence electrons. The van der Waals surface area contributed by atoms with Crippen molar-refractivity contribution in [1.29, 1.82) is 0 Å². The third-order valence-electron chi connectivity index (χ3n) is 4.38. The largest absolute Gasteiger partial charge is 0.497 e. The van der Waals surface area contributed by atoms with E-state index >= 15 is 0 Å². The number of hydrogen-bond donors (Lipinski definition) is 2. The molecule has 0 aliphatic heterocycles. The van der Waals surface area contributed by atoms with Gasteiger partial charge in [-0.25, -0.2) is 0 Å². The SMILES string of the molecule is COc1ccc(NC(=S)NC2CC(C)CC(C)(C)C2)c(OC)c1. The smallest absolute Gasteiger partial charge is 0.171 e. The van der Waals surface area contributed by atoms with Crippen molar-refractivity contribution in [2.75, 3.05) is 19.5 Å². The number of hydrogen-bond acceptors (Lipinski definition) is 3. The zero-order chi connectivity index (χ0) is 17.0. The van der Waals surface area contributed by atoms with Crippen LogP contribution in [0.5, 0.6) is 11.5 Å². The standard InChI is InChI=1S/C18H28N2O2S/c1-12-8-13(11-18(2,3)10-12)19-17(23)20-15-7-6-14(21-4)9-16(15)22-5/h6-7,9,12-13H,8,10-11H2,1-5H3,(H2,19,20,23). The Bertz CT molecular complexity index is 560. The summed E-state index contributed by atoms with van der Waals surface area (Å²) in [6.45, 7) is 6.99. The van der Waals surface area contributed by atoms with Crippen molar-refractivity contribution in [2.24, 2.45) is 11.3 Å². The molecule has 0 amide bonds. The number of thiocarbonyl (C=S) groups is 1. The average molecular weight is 337 g/mol. The van der Waals surface area contributed by atoms with Gasteiger partial charge in [-0.2, -0.15) is 0 Å². The second-order valence-corrected chi connectivity index (χ2v) is 7.68. The van der Waals surface area contributed by atoms with Crippen LogP contribution in [0.2, 0.25) is 0 Å². The highest BCUT2D eigenvalue weighted by molar-refractivity contribution is 7.80. The van der Waals surface area contributed by atoms with Gasteiger partial charge in [-0.05, 0) is 54.9 Å². The number of rotatable bonds is 4. The second kappa shape index (κ2) is 7.39. The van der Waals surface area contributed by atoms with E-state index in [1.807, 2.05) is 18.2 Å². The van der Waals surface area contributed by atoms with Crippen LogP contribution in [0.3, 0.4) is 0 Å². The topological polar surface area (TPSA) is 42.5 Å². The molecule has 1 saturated carbocycles.